The van der Waals surface area contributed by atoms with E-state index in [2.05, 4.69) is 51.1 Å². The number of aromatic nitrogens is 2. The number of benzene rings is 1. The minimum absolute atomic E-state index is 0.794. The van der Waals surface area contributed by atoms with Crippen LogP contribution in [0.5, 0.6) is 5.75 Å². The largest absolute Gasteiger partial charge is 0.494 e. The summed E-state index contributed by atoms with van der Waals surface area (Å²) in [4.78, 5) is 4.74. The molecule has 0 fully saturated rings. The highest BCUT2D eigenvalue weighted by Crippen LogP contribution is 2.29. The van der Waals surface area contributed by atoms with Crippen molar-refractivity contribution < 1.29 is 4.74 Å². The van der Waals surface area contributed by atoms with Crippen LogP contribution in [0, 0.1) is 13.8 Å². The topological polar surface area (TPSA) is 39.4 Å². The molecule has 0 saturated carbocycles. The van der Waals surface area contributed by atoms with E-state index in [-0.39, 0.29) is 0 Å². The number of aliphatic imine (C=N–C) groups is 1. The van der Waals surface area contributed by atoms with E-state index in [1.54, 1.807) is 0 Å². The van der Waals surface area contributed by atoms with Crippen LogP contribution in [-0.2, 0) is 6.54 Å². The second-order valence-corrected chi connectivity index (χ2v) is 8.02. The van der Waals surface area contributed by atoms with Crippen LogP contribution in [0.15, 0.2) is 29.5 Å². The highest BCUT2D eigenvalue weighted by atomic mass is 16.5. The molecule has 0 saturated heterocycles. The summed E-state index contributed by atoms with van der Waals surface area (Å²) in [6.07, 6.45) is 17.2. The Morgan fingerprint density at radius 1 is 0.931 bits per heavy atom. The lowest BCUT2D eigenvalue weighted by Gasteiger charge is -2.11. The monoisotopic (exact) mass is 397 g/mol. The summed E-state index contributed by atoms with van der Waals surface area (Å²) < 4.78 is 7.98. The number of hydrogen-bond acceptors (Lipinski definition) is 3. The van der Waals surface area contributed by atoms with E-state index in [0.717, 1.165) is 47.7 Å². The fraction of sp³-hybridized carbons (Fsp3) is 0.600. The number of nitrogens with zero attached hydrogens (tertiary/aromatic N) is 3. The lowest BCUT2D eigenvalue weighted by atomic mass is 10.1. The van der Waals surface area contributed by atoms with Gasteiger partial charge < -0.3 is 4.74 Å². The first-order valence-electron chi connectivity index (χ1n) is 11.4. The SMILES string of the molecule is CCCCCCCOc1cc(C)c(N=Cc2cnn(CCCCCC)c2)c(C)c1. The Hall–Kier alpha value is -2.10. The molecule has 2 rings (SSSR count). The molecule has 0 unspecified atom stereocenters. The molecule has 0 spiro atoms. The van der Waals surface area contributed by atoms with Crippen LogP contribution in [0.1, 0.15) is 88.3 Å². The zero-order chi connectivity index (χ0) is 20.9. The number of hydrogen-bond donors (Lipinski definition) is 0. The highest BCUT2D eigenvalue weighted by molar-refractivity contribution is 5.82. The predicted molar refractivity (Wildman–Crippen MR) is 124 cm³/mol. The van der Waals surface area contributed by atoms with E-state index in [1.807, 2.05) is 17.1 Å². The number of rotatable bonds is 14. The maximum Gasteiger partial charge on any atom is 0.119 e. The van der Waals surface area contributed by atoms with Crippen molar-refractivity contribution in [3.8, 4) is 5.75 Å². The quantitative estimate of drug-likeness (QED) is 0.250. The molecule has 0 bridgehead atoms. The standard InChI is InChI=1S/C25H39N3O/c1-5-7-9-11-13-15-29-24-16-21(3)25(22(4)17-24)26-18-23-19-27-28(20-23)14-12-10-8-6-2/h16-20H,5-15H2,1-4H3. The molecule has 0 atom stereocenters. The Morgan fingerprint density at radius 3 is 2.28 bits per heavy atom. The maximum atomic E-state index is 5.96. The van der Waals surface area contributed by atoms with Gasteiger partial charge >= 0.3 is 0 Å². The maximum absolute atomic E-state index is 5.96. The van der Waals surface area contributed by atoms with Crippen LogP contribution in [0.4, 0.5) is 5.69 Å². The van der Waals surface area contributed by atoms with Gasteiger partial charge in [-0.3, -0.25) is 9.67 Å². The molecule has 0 N–H and O–H groups in total. The summed E-state index contributed by atoms with van der Waals surface area (Å²) in [6, 6.07) is 4.20. The average Bonchev–Trinajstić information content (AvgIpc) is 3.15. The van der Waals surface area contributed by atoms with Crippen LogP contribution in [0.25, 0.3) is 0 Å². The number of unbranched alkanes of at least 4 members (excludes halogenated alkanes) is 7. The van der Waals surface area contributed by atoms with Crippen LogP contribution in [0.3, 0.4) is 0 Å². The molecule has 0 amide bonds. The van der Waals surface area contributed by atoms with Gasteiger partial charge in [0, 0.05) is 24.5 Å². The molecule has 0 aliphatic rings. The summed E-state index contributed by atoms with van der Waals surface area (Å²) in [5, 5.41) is 4.45. The van der Waals surface area contributed by atoms with E-state index >= 15 is 0 Å². The van der Waals surface area contributed by atoms with Crippen LogP contribution < -0.4 is 4.74 Å². The van der Waals surface area contributed by atoms with Crippen molar-refractivity contribution in [1.82, 2.24) is 9.78 Å². The normalized spacial score (nSPS) is 11.4. The van der Waals surface area contributed by atoms with Gasteiger partial charge in [-0.15, -0.1) is 0 Å². The van der Waals surface area contributed by atoms with Crippen molar-refractivity contribution in [2.45, 2.75) is 92.0 Å². The Labute approximate surface area is 177 Å². The highest BCUT2D eigenvalue weighted by Gasteiger charge is 2.05. The summed E-state index contributed by atoms with van der Waals surface area (Å²) in [5.41, 5.74) is 4.37. The smallest absolute Gasteiger partial charge is 0.119 e. The second kappa shape index (κ2) is 13.2. The lowest BCUT2D eigenvalue weighted by Crippen LogP contribution is -1.98. The van der Waals surface area contributed by atoms with Gasteiger partial charge in [0.2, 0.25) is 0 Å². The van der Waals surface area contributed by atoms with Crippen molar-refractivity contribution in [1.29, 1.82) is 0 Å². The molecule has 0 radical (unpaired) electrons. The van der Waals surface area contributed by atoms with Crippen molar-refractivity contribution in [3.05, 3.63) is 41.2 Å². The van der Waals surface area contributed by atoms with Gasteiger partial charge in [0.25, 0.3) is 0 Å². The van der Waals surface area contributed by atoms with Crippen molar-refractivity contribution >= 4 is 11.9 Å². The summed E-state index contributed by atoms with van der Waals surface area (Å²) in [7, 11) is 0. The van der Waals surface area contributed by atoms with E-state index in [0.29, 0.717) is 0 Å². The van der Waals surface area contributed by atoms with Crippen LogP contribution >= 0.6 is 0 Å². The van der Waals surface area contributed by atoms with Crippen molar-refractivity contribution in [2.75, 3.05) is 6.61 Å². The first kappa shape index (κ1) is 23.2. The summed E-state index contributed by atoms with van der Waals surface area (Å²) in [5.74, 6) is 0.953. The zero-order valence-corrected chi connectivity index (χ0v) is 18.9. The van der Waals surface area contributed by atoms with E-state index in [4.69, 9.17) is 9.73 Å². The van der Waals surface area contributed by atoms with Gasteiger partial charge in [-0.25, -0.2) is 0 Å². The molecule has 2 aromatic rings. The molecule has 0 aliphatic carbocycles. The molecule has 29 heavy (non-hydrogen) atoms. The van der Waals surface area contributed by atoms with E-state index in [1.165, 1.54) is 51.4 Å². The fourth-order valence-corrected chi connectivity index (χ4v) is 3.51. The fourth-order valence-electron chi connectivity index (χ4n) is 3.51. The predicted octanol–water partition coefficient (Wildman–Crippen LogP) is 7.18. The second-order valence-electron chi connectivity index (χ2n) is 8.02. The molecular formula is C25H39N3O. The molecule has 0 aliphatic heterocycles. The van der Waals surface area contributed by atoms with Crippen molar-refractivity contribution in [3.63, 3.8) is 0 Å². The van der Waals surface area contributed by atoms with Crippen LogP contribution in [0.2, 0.25) is 0 Å². The molecule has 1 aromatic heterocycles. The van der Waals surface area contributed by atoms with Gasteiger partial charge in [0.1, 0.15) is 5.75 Å². The Bertz CT molecular complexity index is 725. The molecule has 160 valence electrons. The first-order valence-corrected chi connectivity index (χ1v) is 11.4. The summed E-state index contributed by atoms with van der Waals surface area (Å²) >= 11 is 0. The third-order valence-electron chi connectivity index (χ3n) is 5.22. The van der Waals surface area contributed by atoms with Gasteiger partial charge in [-0.05, 0) is 49.9 Å². The van der Waals surface area contributed by atoms with Gasteiger partial charge in [0.15, 0.2) is 0 Å². The Morgan fingerprint density at radius 2 is 1.59 bits per heavy atom. The number of aryl methyl sites for hydroxylation is 3. The molecule has 1 heterocycles. The van der Waals surface area contributed by atoms with Crippen LogP contribution in [-0.4, -0.2) is 22.6 Å². The van der Waals surface area contributed by atoms with Gasteiger partial charge in [0.05, 0.1) is 18.5 Å². The lowest BCUT2D eigenvalue weighted by molar-refractivity contribution is 0.304. The average molecular weight is 398 g/mol. The third-order valence-corrected chi connectivity index (χ3v) is 5.22. The van der Waals surface area contributed by atoms with Crippen molar-refractivity contribution in [2.24, 2.45) is 4.99 Å². The molecular weight excluding hydrogens is 358 g/mol. The van der Waals surface area contributed by atoms with Gasteiger partial charge in [-0.1, -0.05) is 58.8 Å². The first-order chi connectivity index (χ1) is 14.1. The van der Waals surface area contributed by atoms with Gasteiger partial charge in [-0.2, -0.15) is 5.10 Å². The Balaban J connectivity index is 1.88. The van der Waals surface area contributed by atoms with E-state index < -0.39 is 0 Å². The number of ether oxygens (including phenoxy) is 1. The molecule has 4 nitrogen and oxygen atoms in total. The Kier molecular flexibility index (Phi) is 10.5. The summed E-state index contributed by atoms with van der Waals surface area (Å²) in [6.45, 7) is 10.5. The van der Waals surface area contributed by atoms with E-state index in [9.17, 15) is 0 Å². The zero-order valence-electron chi connectivity index (χ0n) is 18.9. The minimum Gasteiger partial charge on any atom is -0.494 e. The third kappa shape index (κ3) is 8.43. The molecule has 1 aromatic carbocycles. The minimum atomic E-state index is 0.794. The molecule has 4 heteroatoms.